The third-order valence-electron chi connectivity index (χ3n) is 3.86. The lowest BCUT2D eigenvalue weighted by Gasteiger charge is -2.32. The van der Waals surface area contributed by atoms with E-state index in [0.29, 0.717) is 0 Å². The lowest BCUT2D eigenvalue weighted by molar-refractivity contribution is 0.0736. The van der Waals surface area contributed by atoms with Gasteiger partial charge in [0, 0.05) is 24.6 Å². The fourth-order valence-corrected chi connectivity index (χ4v) is 2.71. The smallest absolute Gasteiger partial charge is 0.253 e. The topological polar surface area (TPSA) is 20.3 Å². The number of amides is 1. The summed E-state index contributed by atoms with van der Waals surface area (Å²) in [4.78, 5) is 14.3. The van der Waals surface area contributed by atoms with Gasteiger partial charge in [0.1, 0.15) is 0 Å². The molecule has 1 saturated heterocycles. The third kappa shape index (κ3) is 2.74. The zero-order valence-electron chi connectivity index (χ0n) is 11.5. The second-order valence-electron chi connectivity index (χ2n) is 5.13. The Balaban J connectivity index is 1.63. The predicted molar refractivity (Wildman–Crippen MR) is 80.4 cm³/mol. The molecule has 0 spiro atoms. The van der Waals surface area contributed by atoms with Crippen molar-refractivity contribution in [3.8, 4) is 0 Å². The van der Waals surface area contributed by atoms with Gasteiger partial charge in [0.25, 0.3) is 5.91 Å². The maximum atomic E-state index is 12.4. The van der Waals surface area contributed by atoms with Crippen molar-refractivity contribution < 1.29 is 4.79 Å². The molecule has 101 valence electrons. The minimum absolute atomic E-state index is 0.151. The Bertz CT molecular complexity index is 556. The maximum absolute atomic E-state index is 12.4. The minimum atomic E-state index is 0.151. The summed E-state index contributed by atoms with van der Waals surface area (Å²) in [7, 11) is 0. The van der Waals surface area contributed by atoms with Gasteiger partial charge in [0.2, 0.25) is 0 Å². The van der Waals surface area contributed by atoms with Crippen LogP contribution in [0.4, 0.5) is 0 Å². The highest BCUT2D eigenvalue weighted by Crippen LogP contribution is 2.27. The van der Waals surface area contributed by atoms with Gasteiger partial charge in [-0.1, -0.05) is 48.5 Å². The number of carbonyl (C=O) groups is 1. The molecule has 2 nitrogen and oxygen atoms in total. The predicted octanol–water partition coefficient (Wildman–Crippen LogP) is 3.55. The van der Waals surface area contributed by atoms with Crippen LogP contribution < -0.4 is 0 Å². The van der Waals surface area contributed by atoms with E-state index in [1.54, 1.807) is 0 Å². The first-order valence-corrected chi connectivity index (χ1v) is 7.09. The monoisotopic (exact) mass is 264 g/mol. The number of benzene rings is 2. The average Bonchev–Trinajstić information content (AvgIpc) is 2.56. The van der Waals surface area contributed by atoms with Crippen molar-refractivity contribution in [1.29, 1.82) is 0 Å². The first-order valence-electron chi connectivity index (χ1n) is 7.09. The summed E-state index contributed by atoms with van der Waals surface area (Å²) >= 11 is 0. The van der Waals surface area contributed by atoms with Crippen LogP contribution in [0, 0.1) is 5.92 Å². The van der Waals surface area contributed by atoms with Crippen molar-refractivity contribution in [1.82, 2.24) is 4.90 Å². The standard InChI is InChI=1S/C18H18NO/c20-18(17-9-5-2-6-10-17)19-13-11-16(12-14-19)15-7-3-1-4-8-15/h1-10H,11-14H2. The van der Waals surface area contributed by atoms with Crippen LogP contribution in [0.1, 0.15) is 28.8 Å². The Morgan fingerprint density at radius 3 is 1.95 bits per heavy atom. The summed E-state index contributed by atoms with van der Waals surface area (Å²) < 4.78 is 0. The van der Waals surface area contributed by atoms with Crippen molar-refractivity contribution in [2.75, 3.05) is 13.1 Å². The summed E-state index contributed by atoms with van der Waals surface area (Å²) in [6, 6.07) is 20.0. The summed E-state index contributed by atoms with van der Waals surface area (Å²) in [6.45, 7) is 1.63. The Kier molecular flexibility index (Phi) is 3.82. The molecule has 2 aromatic rings. The van der Waals surface area contributed by atoms with Crippen molar-refractivity contribution in [3.63, 3.8) is 0 Å². The molecule has 3 rings (SSSR count). The van der Waals surface area contributed by atoms with Crippen LogP contribution >= 0.6 is 0 Å². The van der Waals surface area contributed by atoms with E-state index in [-0.39, 0.29) is 5.91 Å². The first-order chi connectivity index (χ1) is 9.84. The molecule has 2 aromatic carbocycles. The number of likely N-dealkylation sites (tertiary alicyclic amines) is 1. The van der Waals surface area contributed by atoms with Gasteiger partial charge in [-0.15, -0.1) is 0 Å². The van der Waals surface area contributed by atoms with Crippen molar-refractivity contribution in [3.05, 3.63) is 77.7 Å². The van der Waals surface area contributed by atoms with Crippen molar-refractivity contribution >= 4 is 5.91 Å². The summed E-state index contributed by atoms with van der Waals surface area (Å²) in [5.41, 5.74) is 2.11. The van der Waals surface area contributed by atoms with Gasteiger partial charge in [0.15, 0.2) is 0 Å². The maximum Gasteiger partial charge on any atom is 0.253 e. The highest BCUT2D eigenvalue weighted by Gasteiger charge is 2.24. The number of piperidine rings is 1. The van der Waals surface area contributed by atoms with E-state index in [2.05, 4.69) is 24.3 Å². The lowest BCUT2D eigenvalue weighted by Crippen LogP contribution is -2.38. The van der Waals surface area contributed by atoms with Crippen LogP contribution in [-0.4, -0.2) is 23.9 Å². The molecule has 0 unspecified atom stereocenters. The Morgan fingerprint density at radius 2 is 1.35 bits per heavy atom. The van der Waals surface area contributed by atoms with Gasteiger partial charge in [0.05, 0.1) is 0 Å². The first kappa shape index (κ1) is 12.9. The van der Waals surface area contributed by atoms with E-state index < -0.39 is 0 Å². The molecule has 1 amide bonds. The second-order valence-corrected chi connectivity index (χ2v) is 5.13. The Hall–Kier alpha value is -2.09. The average molecular weight is 264 g/mol. The third-order valence-corrected chi connectivity index (χ3v) is 3.86. The van der Waals surface area contributed by atoms with Crippen molar-refractivity contribution in [2.45, 2.75) is 12.8 Å². The molecule has 1 heterocycles. The fourth-order valence-electron chi connectivity index (χ4n) is 2.71. The number of nitrogens with zero attached hydrogens (tertiary/aromatic N) is 1. The number of hydrogen-bond donors (Lipinski definition) is 0. The lowest BCUT2D eigenvalue weighted by atomic mass is 9.89. The molecule has 1 aliphatic heterocycles. The van der Waals surface area contributed by atoms with Gasteiger partial charge in [-0.3, -0.25) is 4.79 Å². The van der Waals surface area contributed by atoms with Crippen LogP contribution in [-0.2, 0) is 0 Å². The van der Waals surface area contributed by atoms with E-state index in [9.17, 15) is 4.79 Å². The van der Waals surface area contributed by atoms with Crippen molar-refractivity contribution in [2.24, 2.45) is 0 Å². The van der Waals surface area contributed by atoms with Crippen LogP contribution in [0.25, 0.3) is 0 Å². The van der Waals surface area contributed by atoms with E-state index in [1.165, 1.54) is 11.5 Å². The SMILES string of the molecule is O=C(c1ccccc1)N1CC[C](c2ccccc2)CC1. The van der Waals surface area contributed by atoms with Gasteiger partial charge in [-0.25, -0.2) is 0 Å². The van der Waals surface area contributed by atoms with Crippen LogP contribution in [0.5, 0.6) is 0 Å². The molecule has 1 fully saturated rings. The van der Waals surface area contributed by atoms with Crippen LogP contribution in [0.15, 0.2) is 60.7 Å². The Labute approximate surface area is 120 Å². The molecular weight excluding hydrogens is 246 g/mol. The van der Waals surface area contributed by atoms with Crippen LogP contribution in [0.3, 0.4) is 0 Å². The molecule has 0 N–H and O–H groups in total. The molecule has 20 heavy (non-hydrogen) atoms. The zero-order chi connectivity index (χ0) is 13.8. The zero-order valence-corrected chi connectivity index (χ0v) is 11.5. The normalized spacial score (nSPS) is 16.1. The van der Waals surface area contributed by atoms with Gasteiger partial charge < -0.3 is 4.90 Å². The minimum Gasteiger partial charge on any atom is -0.339 e. The molecule has 1 aliphatic rings. The van der Waals surface area contributed by atoms with E-state index >= 15 is 0 Å². The van der Waals surface area contributed by atoms with Gasteiger partial charge >= 0.3 is 0 Å². The number of carbonyl (C=O) groups excluding carboxylic acids is 1. The van der Waals surface area contributed by atoms with E-state index in [0.717, 1.165) is 31.5 Å². The summed E-state index contributed by atoms with van der Waals surface area (Å²) in [5, 5.41) is 0. The fraction of sp³-hybridized carbons (Fsp3) is 0.222. The highest BCUT2D eigenvalue weighted by molar-refractivity contribution is 5.94. The highest BCUT2D eigenvalue weighted by atomic mass is 16.2. The molecular formula is C18H18NO. The molecule has 2 heteroatoms. The van der Waals surface area contributed by atoms with E-state index in [4.69, 9.17) is 0 Å². The summed E-state index contributed by atoms with van der Waals surface area (Å²) in [5.74, 6) is 1.61. The number of rotatable bonds is 2. The van der Waals surface area contributed by atoms with Crippen LogP contribution in [0.2, 0.25) is 0 Å². The van der Waals surface area contributed by atoms with Gasteiger partial charge in [-0.05, 0) is 30.5 Å². The molecule has 0 aliphatic carbocycles. The summed E-state index contributed by atoms with van der Waals surface area (Å²) in [6.07, 6.45) is 1.95. The Morgan fingerprint density at radius 1 is 0.800 bits per heavy atom. The van der Waals surface area contributed by atoms with E-state index in [1.807, 2.05) is 41.3 Å². The molecule has 0 aromatic heterocycles. The molecule has 0 atom stereocenters. The second kappa shape index (κ2) is 5.91. The number of hydrogen-bond acceptors (Lipinski definition) is 1. The molecule has 0 saturated carbocycles. The molecule has 0 bridgehead atoms. The quantitative estimate of drug-likeness (QED) is 0.812. The largest absolute Gasteiger partial charge is 0.339 e. The molecule has 1 radical (unpaired) electrons. The van der Waals surface area contributed by atoms with Gasteiger partial charge in [-0.2, -0.15) is 0 Å².